The van der Waals surface area contributed by atoms with Gasteiger partial charge in [-0.3, -0.25) is 0 Å². The molecule has 0 saturated carbocycles. The van der Waals surface area contributed by atoms with Crippen LogP contribution in [-0.2, 0) is 0 Å². The molecule has 108 valence electrons. The van der Waals surface area contributed by atoms with Gasteiger partial charge in [-0.1, -0.05) is 27.7 Å². The average molecular weight is 255 g/mol. The molecular weight excluding hydrogens is 222 g/mol. The summed E-state index contributed by atoms with van der Waals surface area (Å²) in [5.41, 5.74) is 0.339. The Bertz CT molecular complexity index is 234. The number of hydrogen-bond acceptors (Lipinski definition) is 3. The highest BCUT2D eigenvalue weighted by Crippen LogP contribution is 2.25. The van der Waals surface area contributed by atoms with E-state index in [0.29, 0.717) is 17.5 Å². The fourth-order valence-corrected chi connectivity index (χ4v) is 2.69. The van der Waals surface area contributed by atoms with Crippen molar-refractivity contribution in [3.05, 3.63) is 0 Å². The van der Waals surface area contributed by atoms with Gasteiger partial charge in [0.25, 0.3) is 0 Å². The maximum atomic E-state index is 3.75. The molecule has 3 nitrogen and oxygen atoms in total. The average Bonchev–Trinajstić information content (AvgIpc) is 2.27. The molecule has 1 fully saturated rings. The fourth-order valence-electron chi connectivity index (χ4n) is 2.69. The molecule has 0 spiro atoms. The Balaban J connectivity index is 2.58. The Morgan fingerprint density at radius 1 is 1.22 bits per heavy atom. The predicted octanol–water partition coefficient (Wildman–Crippen LogP) is 2.04. The van der Waals surface area contributed by atoms with E-state index >= 15 is 0 Å². The van der Waals surface area contributed by atoms with E-state index in [0.717, 1.165) is 6.54 Å². The molecule has 1 aliphatic heterocycles. The molecule has 0 amide bonds. The topological polar surface area (TPSA) is 18.5 Å². The third kappa shape index (κ3) is 4.87. The van der Waals surface area contributed by atoms with Crippen molar-refractivity contribution in [1.29, 1.82) is 0 Å². The lowest BCUT2D eigenvalue weighted by molar-refractivity contribution is 0.0865. The lowest BCUT2D eigenvalue weighted by atomic mass is 9.82. The molecule has 1 aliphatic rings. The van der Waals surface area contributed by atoms with Crippen LogP contribution in [0.5, 0.6) is 0 Å². The maximum absolute atomic E-state index is 3.75. The highest BCUT2D eigenvalue weighted by atomic mass is 15.3. The SMILES string of the molecule is CCCNC(CC1CN(C)CCN1C)C(C)(C)C. The van der Waals surface area contributed by atoms with Crippen LogP contribution in [-0.4, -0.2) is 62.2 Å². The zero-order valence-corrected chi connectivity index (χ0v) is 13.3. The Morgan fingerprint density at radius 2 is 1.89 bits per heavy atom. The second-order valence-electron chi connectivity index (χ2n) is 7.01. The first-order valence-electron chi connectivity index (χ1n) is 7.46. The van der Waals surface area contributed by atoms with Crippen LogP contribution in [0.15, 0.2) is 0 Å². The minimum Gasteiger partial charge on any atom is -0.313 e. The van der Waals surface area contributed by atoms with Gasteiger partial charge in [-0.05, 0) is 38.9 Å². The van der Waals surface area contributed by atoms with Crippen LogP contribution in [0.1, 0.15) is 40.5 Å². The molecule has 0 bridgehead atoms. The second-order valence-corrected chi connectivity index (χ2v) is 7.01. The van der Waals surface area contributed by atoms with Crippen LogP contribution in [0.4, 0.5) is 0 Å². The number of rotatable bonds is 5. The number of piperazine rings is 1. The summed E-state index contributed by atoms with van der Waals surface area (Å²) in [6.07, 6.45) is 2.47. The Labute approximate surface area is 114 Å². The lowest BCUT2D eigenvalue weighted by Crippen LogP contribution is -2.54. The molecule has 18 heavy (non-hydrogen) atoms. The van der Waals surface area contributed by atoms with Gasteiger partial charge in [0.2, 0.25) is 0 Å². The van der Waals surface area contributed by atoms with Crippen LogP contribution >= 0.6 is 0 Å². The monoisotopic (exact) mass is 255 g/mol. The molecule has 2 atom stereocenters. The Hall–Kier alpha value is -0.120. The van der Waals surface area contributed by atoms with Crippen molar-refractivity contribution >= 4 is 0 Å². The van der Waals surface area contributed by atoms with Crippen molar-refractivity contribution in [2.75, 3.05) is 40.3 Å². The smallest absolute Gasteiger partial charge is 0.0235 e. The zero-order chi connectivity index (χ0) is 13.8. The first-order valence-corrected chi connectivity index (χ1v) is 7.46. The summed E-state index contributed by atoms with van der Waals surface area (Å²) in [6.45, 7) is 14.0. The van der Waals surface area contributed by atoms with Crippen molar-refractivity contribution in [2.45, 2.75) is 52.6 Å². The van der Waals surface area contributed by atoms with Crippen LogP contribution in [0.2, 0.25) is 0 Å². The highest BCUT2D eigenvalue weighted by Gasteiger charge is 2.30. The molecule has 2 unspecified atom stereocenters. The standard InChI is InChI=1S/C15H33N3/c1-7-8-16-14(15(2,3)4)11-13-12-17(5)9-10-18(13)6/h13-14,16H,7-12H2,1-6H3. The number of nitrogens with zero attached hydrogens (tertiary/aromatic N) is 2. The van der Waals surface area contributed by atoms with Crippen molar-refractivity contribution < 1.29 is 0 Å². The molecule has 1 rings (SSSR count). The van der Waals surface area contributed by atoms with Crippen LogP contribution in [0, 0.1) is 5.41 Å². The van der Waals surface area contributed by atoms with Gasteiger partial charge >= 0.3 is 0 Å². The quantitative estimate of drug-likeness (QED) is 0.811. The predicted molar refractivity (Wildman–Crippen MR) is 80.1 cm³/mol. The molecule has 1 heterocycles. The highest BCUT2D eigenvalue weighted by molar-refractivity contribution is 4.88. The van der Waals surface area contributed by atoms with Crippen LogP contribution < -0.4 is 5.32 Å². The van der Waals surface area contributed by atoms with E-state index in [1.807, 2.05) is 0 Å². The molecule has 0 aromatic rings. The fraction of sp³-hybridized carbons (Fsp3) is 1.00. The van der Waals surface area contributed by atoms with Gasteiger partial charge in [-0.2, -0.15) is 0 Å². The van der Waals surface area contributed by atoms with Gasteiger partial charge < -0.3 is 15.1 Å². The third-order valence-electron chi connectivity index (χ3n) is 4.17. The summed E-state index contributed by atoms with van der Waals surface area (Å²) in [7, 11) is 4.52. The van der Waals surface area contributed by atoms with E-state index in [1.165, 1.54) is 32.5 Å². The van der Waals surface area contributed by atoms with Crippen molar-refractivity contribution in [3.8, 4) is 0 Å². The summed E-state index contributed by atoms with van der Waals surface area (Å²) in [6, 6.07) is 1.30. The van der Waals surface area contributed by atoms with Crippen molar-refractivity contribution in [3.63, 3.8) is 0 Å². The first kappa shape index (κ1) is 15.9. The first-order chi connectivity index (χ1) is 8.34. The normalized spacial score (nSPS) is 25.3. The molecule has 0 aromatic heterocycles. The van der Waals surface area contributed by atoms with Gasteiger partial charge in [0, 0.05) is 31.7 Å². The summed E-state index contributed by atoms with van der Waals surface area (Å²) in [5.74, 6) is 0. The van der Waals surface area contributed by atoms with Crippen LogP contribution in [0.25, 0.3) is 0 Å². The lowest BCUT2D eigenvalue weighted by Gasteiger charge is -2.42. The molecular formula is C15H33N3. The van der Waals surface area contributed by atoms with Gasteiger partial charge in [-0.25, -0.2) is 0 Å². The number of nitrogens with one attached hydrogen (secondary N) is 1. The molecule has 0 aliphatic carbocycles. The maximum Gasteiger partial charge on any atom is 0.0235 e. The van der Waals surface area contributed by atoms with E-state index in [2.05, 4.69) is 56.9 Å². The Kier molecular flexibility index (Phi) is 6.09. The zero-order valence-electron chi connectivity index (χ0n) is 13.3. The summed E-state index contributed by atoms with van der Waals surface area (Å²) in [5, 5.41) is 3.75. The Morgan fingerprint density at radius 3 is 2.44 bits per heavy atom. The largest absolute Gasteiger partial charge is 0.313 e. The second kappa shape index (κ2) is 6.88. The number of hydrogen-bond donors (Lipinski definition) is 1. The van der Waals surface area contributed by atoms with Gasteiger partial charge in [0.15, 0.2) is 0 Å². The molecule has 3 heteroatoms. The van der Waals surface area contributed by atoms with E-state index in [4.69, 9.17) is 0 Å². The van der Waals surface area contributed by atoms with Crippen LogP contribution in [0.3, 0.4) is 0 Å². The van der Waals surface area contributed by atoms with Crippen molar-refractivity contribution in [2.24, 2.45) is 5.41 Å². The molecule has 0 aromatic carbocycles. The van der Waals surface area contributed by atoms with E-state index in [-0.39, 0.29) is 0 Å². The minimum absolute atomic E-state index is 0.339. The summed E-state index contributed by atoms with van der Waals surface area (Å²) < 4.78 is 0. The molecule has 0 radical (unpaired) electrons. The van der Waals surface area contributed by atoms with Gasteiger partial charge in [0.1, 0.15) is 0 Å². The summed E-state index contributed by atoms with van der Waals surface area (Å²) >= 11 is 0. The summed E-state index contributed by atoms with van der Waals surface area (Å²) in [4.78, 5) is 5.00. The van der Waals surface area contributed by atoms with E-state index in [9.17, 15) is 0 Å². The third-order valence-corrected chi connectivity index (χ3v) is 4.17. The van der Waals surface area contributed by atoms with E-state index < -0.39 is 0 Å². The molecule has 1 N–H and O–H groups in total. The van der Waals surface area contributed by atoms with Gasteiger partial charge in [0.05, 0.1) is 0 Å². The number of likely N-dealkylation sites (N-methyl/N-ethyl adjacent to an activating group) is 2. The van der Waals surface area contributed by atoms with E-state index in [1.54, 1.807) is 0 Å². The minimum atomic E-state index is 0.339. The van der Waals surface area contributed by atoms with Gasteiger partial charge in [-0.15, -0.1) is 0 Å². The van der Waals surface area contributed by atoms with Crippen molar-refractivity contribution in [1.82, 2.24) is 15.1 Å². The molecule has 1 saturated heterocycles.